The second-order valence-corrected chi connectivity index (χ2v) is 9.80. The number of rotatable bonds is 10. The predicted octanol–water partition coefficient (Wildman–Crippen LogP) is 6.04. The lowest BCUT2D eigenvalue weighted by molar-refractivity contribution is -0.384. The van der Waals surface area contributed by atoms with Crippen LogP contribution in [0.15, 0.2) is 115 Å². The lowest BCUT2D eigenvalue weighted by atomic mass is 9.88. The van der Waals surface area contributed by atoms with Crippen LogP contribution in [0, 0.1) is 10.1 Å². The Morgan fingerprint density at radius 2 is 1.07 bits per heavy atom. The van der Waals surface area contributed by atoms with Crippen LogP contribution in [0.2, 0.25) is 0 Å². The van der Waals surface area contributed by atoms with Crippen molar-refractivity contribution in [1.29, 1.82) is 0 Å². The Balaban J connectivity index is 1.72. The third kappa shape index (κ3) is 6.33. The van der Waals surface area contributed by atoms with Crippen LogP contribution in [0.3, 0.4) is 0 Å². The minimum atomic E-state index is -1.29. The summed E-state index contributed by atoms with van der Waals surface area (Å²) in [4.78, 5) is 65.4. The molecule has 0 bridgehead atoms. The minimum absolute atomic E-state index is 0.00578. The van der Waals surface area contributed by atoms with Gasteiger partial charge in [0.15, 0.2) is 23.1 Å². The number of hydrogen-bond donors (Lipinski definition) is 2. The van der Waals surface area contributed by atoms with E-state index in [2.05, 4.69) is 0 Å². The van der Waals surface area contributed by atoms with Crippen molar-refractivity contribution in [1.82, 2.24) is 0 Å². The summed E-state index contributed by atoms with van der Waals surface area (Å²) in [5.74, 6) is -7.33. The first-order chi connectivity index (χ1) is 22.2. The Bertz CT molecular complexity index is 1960. The van der Waals surface area contributed by atoms with Crippen LogP contribution in [0.1, 0.15) is 58.1 Å². The van der Waals surface area contributed by atoms with E-state index in [9.17, 15) is 39.5 Å². The first-order valence-electron chi connectivity index (χ1n) is 13.7. The zero-order chi connectivity index (χ0) is 32.8. The summed E-state index contributed by atoms with van der Waals surface area (Å²) in [5, 5.41) is 33.5. The molecule has 0 amide bonds. The van der Waals surface area contributed by atoms with Gasteiger partial charge in [0, 0.05) is 23.3 Å². The second kappa shape index (κ2) is 13.3. The molecule has 5 rings (SSSR count). The molecule has 5 aromatic carbocycles. The molecule has 11 nitrogen and oxygen atoms in total. The van der Waals surface area contributed by atoms with Gasteiger partial charge in [-0.1, -0.05) is 78.9 Å². The molecule has 46 heavy (non-hydrogen) atoms. The van der Waals surface area contributed by atoms with Crippen molar-refractivity contribution in [2.45, 2.75) is 6.61 Å². The summed E-state index contributed by atoms with van der Waals surface area (Å²) in [7, 11) is 0. The van der Waals surface area contributed by atoms with Crippen LogP contribution in [0.4, 0.5) is 5.69 Å². The Morgan fingerprint density at radius 3 is 1.57 bits per heavy atom. The van der Waals surface area contributed by atoms with Crippen molar-refractivity contribution in [2.24, 2.45) is 0 Å². The summed E-state index contributed by atoms with van der Waals surface area (Å²) >= 11 is 0. The van der Waals surface area contributed by atoms with Gasteiger partial charge in [-0.3, -0.25) is 19.7 Å². The maximum atomic E-state index is 14.1. The molecule has 11 heteroatoms. The molecule has 0 aliphatic carbocycles. The topological polar surface area (TPSA) is 170 Å². The highest BCUT2D eigenvalue weighted by Crippen LogP contribution is 2.46. The highest BCUT2D eigenvalue weighted by molar-refractivity contribution is 6.24. The molecule has 0 aromatic heterocycles. The molecule has 2 N–H and O–H groups in total. The number of nitro groups is 1. The van der Waals surface area contributed by atoms with Crippen molar-refractivity contribution >= 4 is 29.2 Å². The zero-order valence-corrected chi connectivity index (χ0v) is 23.8. The number of carbonyl (C=O) groups is 4. The monoisotopic (exact) mass is 617 g/mol. The molecular weight excluding hydrogens is 594 g/mol. The van der Waals surface area contributed by atoms with Gasteiger partial charge < -0.3 is 19.7 Å². The third-order valence-corrected chi connectivity index (χ3v) is 6.85. The van der Waals surface area contributed by atoms with Crippen molar-refractivity contribution in [3.05, 3.63) is 164 Å². The van der Waals surface area contributed by atoms with Crippen LogP contribution in [0.25, 0.3) is 0 Å². The van der Waals surface area contributed by atoms with Gasteiger partial charge in [-0.25, -0.2) is 9.59 Å². The number of non-ortho nitro benzene ring substituents is 1. The Morgan fingerprint density at radius 1 is 0.587 bits per heavy atom. The number of ketones is 2. The van der Waals surface area contributed by atoms with Gasteiger partial charge in [0.25, 0.3) is 5.69 Å². The number of nitrogens with zero attached hydrogens (tertiary/aromatic N) is 1. The number of phenolic OH excluding ortho intramolecular Hbond substituents is 2. The predicted molar refractivity (Wildman–Crippen MR) is 163 cm³/mol. The number of ether oxygens (including phenoxy) is 2. The normalized spacial score (nSPS) is 10.5. The summed E-state index contributed by atoms with van der Waals surface area (Å²) in [6.07, 6.45) is 0. The SMILES string of the molecule is O=C(Oc1c(O)c(O)c(C(=O)c2ccccc2)c(C(=O)OCc2ccc([N+](=O)[O-])cc2)c1C(=O)c1ccccc1)c1ccccc1. The average Bonchev–Trinajstić information content (AvgIpc) is 3.09. The molecule has 0 unspecified atom stereocenters. The van der Waals surface area contributed by atoms with E-state index in [0.717, 1.165) is 0 Å². The van der Waals surface area contributed by atoms with Gasteiger partial charge >= 0.3 is 11.9 Å². The van der Waals surface area contributed by atoms with E-state index in [0.29, 0.717) is 5.56 Å². The fourth-order valence-electron chi connectivity index (χ4n) is 4.57. The van der Waals surface area contributed by atoms with Crippen molar-refractivity contribution < 1.29 is 43.8 Å². The third-order valence-electron chi connectivity index (χ3n) is 6.85. The number of phenols is 2. The molecule has 0 saturated carbocycles. The Labute approximate surface area is 261 Å². The minimum Gasteiger partial charge on any atom is -0.504 e. The fourth-order valence-corrected chi connectivity index (χ4v) is 4.57. The average molecular weight is 618 g/mol. The van der Waals surface area contributed by atoms with E-state index in [1.165, 1.54) is 84.9 Å². The van der Waals surface area contributed by atoms with E-state index >= 15 is 0 Å². The van der Waals surface area contributed by atoms with Gasteiger partial charge in [0.1, 0.15) is 6.61 Å². The van der Waals surface area contributed by atoms with Crippen LogP contribution in [-0.2, 0) is 11.3 Å². The lowest BCUT2D eigenvalue weighted by Crippen LogP contribution is -2.21. The largest absolute Gasteiger partial charge is 0.504 e. The number of nitro benzene ring substituents is 1. The van der Waals surface area contributed by atoms with Crippen LogP contribution < -0.4 is 4.74 Å². The summed E-state index contributed by atoms with van der Waals surface area (Å²) in [5.41, 5.74) is -2.11. The molecule has 0 aliphatic heterocycles. The van der Waals surface area contributed by atoms with Gasteiger partial charge in [-0.2, -0.15) is 0 Å². The molecule has 0 fully saturated rings. The van der Waals surface area contributed by atoms with Crippen LogP contribution in [0.5, 0.6) is 17.2 Å². The van der Waals surface area contributed by atoms with E-state index in [4.69, 9.17) is 9.47 Å². The van der Waals surface area contributed by atoms with E-state index in [1.807, 2.05) is 0 Å². The van der Waals surface area contributed by atoms with Gasteiger partial charge in [-0.05, 0) is 29.8 Å². The van der Waals surface area contributed by atoms with Crippen molar-refractivity contribution in [3.63, 3.8) is 0 Å². The molecule has 228 valence electrons. The smallest absolute Gasteiger partial charge is 0.343 e. The number of esters is 2. The molecule has 0 heterocycles. The Kier molecular flexibility index (Phi) is 8.95. The number of aromatic hydroxyl groups is 2. The van der Waals surface area contributed by atoms with Crippen LogP contribution in [-0.4, -0.2) is 38.6 Å². The Hall–Kier alpha value is -6.62. The summed E-state index contributed by atoms with van der Waals surface area (Å²) in [6.45, 7) is -0.463. The maximum Gasteiger partial charge on any atom is 0.343 e. The molecule has 0 saturated heterocycles. The number of hydrogen-bond acceptors (Lipinski definition) is 10. The number of carbonyl (C=O) groups excluding carboxylic acids is 4. The van der Waals surface area contributed by atoms with Gasteiger partial charge in [0.05, 0.1) is 27.2 Å². The first-order valence-corrected chi connectivity index (χ1v) is 13.7. The van der Waals surface area contributed by atoms with Gasteiger partial charge in [0.2, 0.25) is 5.75 Å². The first kappa shape index (κ1) is 30.8. The molecular formula is C35H23NO10. The second-order valence-electron chi connectivity index (χ2n) is 9.80. The van der Waals surface area contributed by atoms with Crippen LogP contribution >= 0.6 is 0 Å². The standard InChI is InChI=1S/C35H23NO10/c37-29(22-10-4-1-5-11-22)27-26(35(42)45-20-21-16-18-25(19-17-21)36(43)44)28(30(38)23-12-6-2-7-13-23)33(32(40)31(27)39)46-34(41)24-14-8-3-9-15-24/h1-19,39-40H,20H2. The van der Waals surface area contributed by atoms with E-state index in [1.54, 1.807) is 30.3 Å². The molecule has 0 atom stereocenters. The summed E-state index contributed by atoms with van der Waals surface area (Å²) in [6, 6.07) is 27.6. The quantitative estimate of drug-likeness (QED) is 0.0470. The molecule has 0 spiro atoms. The highest BCUT2D eigenvalue weighted by Gasteiger charge is 2.37. The lowest BCUT2D eigenvalue weighted by Gasteiger charge is -2.20. The molecule has 5 aromatic rings. The van der Waals surface area contributed by atoms with Crippen molar-refractivity contribution in [2.75, 3.05) is 0 Å². The maximum absolute atomic E-state index is 14.1. The highest BCUT2D eigenvalue weighted by atomic mass is 16.6. The summed E-state index contributed by atoms with van der Waals surface area (Å²) < 4.78 is 10.9. The fraction of sp³-hybridized carbons (Fsp3) is 0.0286. The number of benzene rings is 5. The van der Waals surface area contributed by atoms with Crippen molar-refractivity contribution in [3.8, 4) is 17.2 Å². The van der Waals surface area contributed by atoms with E-state index in [-0.39, 0.29) is 22.4 Å². The van der Waals surface area contributed by atoms with E-state index < -0.39 is 69.0 Å². The molecule has 0 aliphatic rings. The zero-order valence-electron chi connectivity index (χ0n) is 23.8. The van der Waals surface area contributed by atoms with Gasteiger partial charge in [-0.15, -0.1) is 0 Å². The molecule has 0 radical (unpaired) electrons.